The van der Waals surface area contributed by atoms with Crippen LogP contribution in [0.5, 0.6) is 0 Å². The molecule has 3 rings (SSSR count). The highest BCUT2D eigenvalue weighted by Gasteiger charge is 2.25. The lowest BCUT2D eigenvalue weighted by molar-refractivity contribution is 0.127. The van der Waals surface area contributed by atoms with Crippen molar-refractivity contribution in [1.82, 2.24) is 9.80 Å². The van der Waals surface area contributed by atoms with Crippen LogP contribution < -0.4 is 0 Å². The Kier molecular flexibility index (Phi) is 1.52. The first-order chi connectivity index (χ1) is 16.5. The van der Waals surface area contributed by atoms with Gasteiger partial charge >= 0.3 is 0 Å². The van der Waals surface area contributed by atoms with E-state index in [-0.39, 0.29) is 10.5 Å². The van der Waals surface area contributed by atoms with Gasteiger partial charge in [0.25, 0.3) is 0 Å². The van der Waals surface area contributed by atoms with Crippen molar-refractivity contribution >= 4 is 11.6 Å². The van der Waals surface area contributed by atoms with Crippen LogP contribution in [0.3, 0.4) is 0 Å². The minimum absolute atomic E-state index is 0.206. The largest absolute Gasteiger partial charge is 0.304 e. The Morgan fingerprint density at radius 3 is 2.38 bits per heavy atom. The summed E-state index contributed by atoms with van der Waals surface area (Å²) in [6.45, 7) is -19.0. The predicted octanol–water partition coefficient (Wildman–Crippen LogP) is 3.68. The van der Waals surface area contributed by atoms with Crippen molar-refractivity contribution in [2.45, 2.75) is 6.02 Å². The number of halogens is 1. The second-order valence-corrected chi connectivity index (χ2v) is 4.40. The van der Waals surface area contributed by atoms with Crippen molar-refractivity contribution in [3.63, 3.8) is 0 Å². The minimum Gasteiger partial charge on any atom is -0.304 e. The van der Waals surface area contributed by atoms with Crippen LogP contribution in [0.15, 0.2) is 54.5 Å². The number of nitrogens with zero attached hydrogens (tertiary/aromatic N) is 2. The molecule has 3 heteroatoms. The van der Waals surface area contributed by atoms with E-state index in [4.69, 9.17) is 32.2 Å². The summed E-state index contributed by atoms with van der Waals surface area (Å²) >= 11 is 5.89. The molecular formula is C18H21ClN2. The molecule has 1 aliphatic rings. The maximum atomic E-state index is 9.43. The molecular weight excluding hydrogens is 280 g/mol. The van der Waals surface area contributed by atoms with E-state index in [1.54, 1.807) is 0 Å². The van der Waals surface area contributed by atoms with Crippen molar-refractivity contribution in [3.05, 3.63) is 70.7 Å². The second-order valence-electron chi connectivity index (χ2n) is 4.02. The van der Waals surface area contributed by atoms with Gasteiger partial charge in [-0.2, -0.15) is 0 Å². The summed E-state index contributed by atoms with van der Waals surface area (Å²) in [4.78, 5) is -0.755. The zero-order valence-electron chi connectivity index (χ0n) is 26.7. The molecule has 0 spiro atoms. The predicted molar refractivity (Wildman–Crippen MR) is 88.8 cm³/mol. The summed E-state index contributed by atoms with van der Waals surface area (Å²) < 4.78 is 133. The molecule has 1 saturated heterocycles. The molecule has 21 heavy (non-hydrogen) atoms. The van der Waals surface area contributed by atoms with E-state index < -0.39 is 78.6 Å². The lowest BCUT2D eigenvalue weighted by Crippen LogP contribution is -2.46. The average molecular weight is 317 g/mol. The van der Waals surface area contributed by atoms with Gasteiger partial charge in [0.05, 0.1) is 12.9 Å². The zero-order valence-corrected chi connectivity index (χ0v) is 11.4. The van der Waals surface area contributed by atoms with Crippen LogP contribution >= 0.6 is 11.6 Å². The van der Waals surface area contributed by atoms with Gasteiger partial charge in [-0.1, -0.05) is 54.0 Å². The Morgan fingerprint density at radius 2 is 1.76 bits per heavy atom. The average Bonchev–Trinajstić information content (AvgIpc) is 2.74. The Labute approximate surface area is 154 Å². The Balaban J connectivity index is 2.58. The molecule has 1 heterocycles. The number of piperazine rings is 1. The van der Waals surface area contributed by atoms with Crippen LogP contribution in [0.4, 0.5) is 0 Å². The van der Waals surface area contributed by atoms with E-state index in [9.17, 15) is 1.37 Å². The van der Waals surface area contributed by atoms with Gasteiger partial charge in [0.1, 0.15) is 0 Å². The van der Waals surface area contributed by atoms with E-state index in [1.807, 2.05) is 0 Å². The van der Waals surface area contributed by atoms with Crippen LogP contribution in [0.1, 0.15) is 39.1 Å². The van der Waals surface area contributed by atoms with E-state index in [2.05, 4.69) is 0 Å². The van der Waals surface area contributed by atoms with Gasteiger partial charge in [0.2, 0.25) is 0 Å². The fourth-order valence-electron chi connectivity index (χ4n) is 1.76. The van der Waals surface area contributed by atoms with Crippen molar-refractivity contribution in [2.75, 3.05) is 33.0 Å². The topological polar surface area (TPSA) is 6.48 Å². The highest BCUT2D eigenvalue weighted by molar-refractivity contribution is 6.30. The zero-order chi connectivity index (χ0) is 28.7. The molecule has 0 bridgehead atoms. The quantitative estimate of drug-likeness (QED) is 0.852. The first-order valence-electron chi connectivity index (χ1n) is 13.9. The fourth-order valence-corrected chi connectivity index (χ4v) is 1.86. The molecule has 0 radical (unpaired) electrons. The van der Waals surface area contributed by atoms with E-state index >= 15 is 0 Å². The second kappa shape index (κ2) is 6.61. The van der Waals surface area contributed by atoms with Crippen LogP contribution in [0.25, 0.3) is 0 Å². The Hall–Kier alpha value is -1.35. The van der Waals surface area contributed by atoms with Gasteiger partial charge in [-0.25, -0.2) is 0 Å². The summed E-state index contributed by atoms with van der Waals surface area (Å²) in [5.41, 5.74) is -1.32. The number of likely N-dealkylation sites (N-methyl/N-ethyl adjacent to an activating group) is 1. The Bertz CT molecular complexity index is 1160. The lowest BCUT2D eigenvalue weighted by Gasteiger charge is -2.38. The lowest BCUT2D eigenvalue weighted by atomic mass is 9.96. The molecule has 0 aromatic heterocycles. The fraction of sp³-hybridized carbons (Fsp3) is 0.333. The summed E-state index contributed by atoms with van der Waals surface area (Å²) in [5.74, 6) is 0. The summed E-state index contributed by atoms with van der Waals surface area (Å²) in [6, 6.07) is -0.392. The number of hydrogen-bond donors (Lipinski definition) is 0. The van der Waals surface area contributed by atoms with Gasteiger partial charge in [-0.3, -0.25) is 4.90 Å². The first kappa shape index (κ1) is 4.82. The number of rotatable bonds is 3. The van der Waals surface area contributed by atoms with Crippen LogP contribution in [0, 0.1) is 0 Å². The Morgan fingerprint density at radius 1 is 1.10 bits per heavy atom. The standard InChI is InChI=1S/C18H21ClN2/c1-20-11-13-21(14-12-20)18(15-5-3-2-4-6-15)16-7-9-17(19)10-8-16/h2-10,18H,11-14H2,1H3/i1D3,7D,8D,9D,10D,11D2,12D2,13D2,14D2,18D. The monoisotopic (exact) mass is 316 g/mol. The summed E-state index contributed by atoms with van der Waals surface area (Å²) in [6.07, 6.45) is 0. The van der Waals surface area contributed by atoms with Gasteiger partial charge in [0.15, 0.2) is 0 Å². The van der Waals surface area contributed by atoms with E-state index in [1.165, 1.54) is 18.2 Å². The van der Waals surface area contributed by atoms with Crippen molar-refractivity contribution in [1.29, 1.82) is 0 Å². The molecule has 1 unspecified atom stereocenters. The third-order valence-corrected chi connectivity index (χ3v) is 2.84. The molecule has 1 atom stereocenters. The number of benzene rings is 2. The van der Waals surface area contributed by atoms with Gasteiger partial charge in [-0.05, 0) is 30.2 Å². The molecule has 110 valence electrons. The van der Waals surface area contributed by atoms with Crippen LogP contribution in [0.2, 0.25) is 5.02 Å². The van der Waals surface area contributed by atoms with Crippen molar-refractivity contribution < 1.29 is 21.9 Å². The van der Waals surface area contributed by atoms with E-state index in [0.29, 0.717) is 0 Å². The maximum Gasteiger partial charge on any atom is 0.0639 e. The molecule has 0 amide bonds. The molecule has 1 aliphatic heterocycles. The number of hydrogen-bond acceptors (Lipinski definition) is 2. The molecule has 1 fully saturated rings. The molecule has 2 nitrogen and oxygen atoms in total. The normalized spacial score (nSPS) is 41.4. The van der Waals surface area contributed by atoms with Crippen molar-refractivity contribution in [3.8, 4) is 0 Å². The minimum atomic E-state index is -3.82. The van der Waals surface area contributed by atoms with Gasteiger partial charge in [0, 0.05) is 46.1 Å². The molecule has 0 saturated carbocycles. The van der Waals surface area contributed by atoms with Gasteiger partial charge in [-0.15, -0.1) is 0 Å². The van der Waals surface area contributed by atoms with Crippen LogP contribution in [-0.4, -0.2) is 42.8 Å². The highest BCUT2D eigenvalue weighted by Crippen LogP contribution is 2.30. The van der Waals surface area contributed by atoms with Crippen LogP contribution in [-0.2, 0) is 0 Å². The van der Waals surface area contributed by atoms with E-state index in [0.717, 1.165) is 12.1 Å². The SMILES string of the molecule is [2H]c1c([2H])c(C([2H])(c2ccccc2)N2C([2H])([2H])C([2H])([2H])N(C([2H])([2H])[2H])C([2H])([2H])C2([2H])[2H])c([2H])c([2H])c1Cl. The molecule has 2 aromatic carbocycles. The third-order valence-electron chi connectivity index (χ3n) is 2.65. The van der Waals surface area contributed by atoms with Crippen molar-refractivity contribution in [2.24, 2.45) is 0 Å². The highest BCUT2D eigenvalue weighted by atomic mass is 35.5. The first-order valence-corrected chi connectivity index (χ1v) is 6.32. The summed E-state index contributed by atoms with van der Waals surface area (Å²) in [5, 5.41) is -0.641. The molecule has 0 N–H and O–H groups in total. The maximum absolute atomic E-state index is 9.43. The van der Waals surface area contributed by atoms with Gasteiger partial charge < -0.3 is 4.90 Å². The molecule has 0 aliphatic carbocycles. The molecule has 2 aromatic rings. The smallest absolute Gasteiger partial charge is 0.0639 e. The summed E-state index contributed by atoms with van der Waals surface area (Å²) in [7, 11) is 0. The third kappa shape index (κ3) is 3.46.